The number of nitrogens with one attached hydrogen (secondary N) is 1. The van der Waals surface area contributed by atoms with E-state index in [1.165, 1.54) is 11.8 Å². The first kappa shape index (κ1) is 25.4. The van der Waals surface area contributed by atoms with Crippen molar-refractivity contribution >= 4 is 34.9 Å². The quantitative estimate of drug-likeness (QED) is 0.344. The van der Waals surface area contributed by atoms with Crippen molar-refractivity contribution < 1.29 is 33.4 Å². The Bertz CT molecular complexity index is 1290. The van der Waals surface area contributed by atoms with Gasteiger partial charge < -0.3 is 24.4 Å². The van der Waals surface area contributed by atoms with Gasteiger partial charge in [-0.05, 0) is 79.7 Å². The lowest BCUT2D eigenvalue weighted by molar-refractivity contribution is -0.151. The Kier molecular flexibility index (Phi) is 7.83. The number of carbonyl (C=O) groups excluding carboxylic acids is 4. The van der Waals surface area contributed by atoms with E-state index in [4.69, 9.17) is 14.2 Å². The highest BCUT2D eigenvalue weighted by atomic mass is 16.5. The van der Waals surface area contributed by atoms with Gasteiger partial charge in [-0.25, -0.2) is 0 Å². The number of Topliss-reactive ketones (excluding diaryl/α,β-unsaturated/α-hetero) is 1. The van der Waals surface area contributed by atoms with E-state index in [1.807, 2.05) is 0 Å². The molecule has 0 bridgehead atoms. The highest BCUT2D eigenvalue weighted by molar-refractivity contribution is 6.00. The number of nitrogens with zero attached hydrogens (tertiary/aromatic N) is 1. The summed E-state index contributed by atoms with van der Waals surface area (Å²) in [5.41, 5.74) is 1.64. The minimum Gasteiger partial charge on any atom is -0.497 e. The first-order valence-corrected chi connectivity index (χ1v) is 11.6. The van der Waals surface area contributed by atoms with E-state index in [-0.39, 0.29) is 24.7 Å². The Morgan fingerprint density at radius 2 is 1.49 bits per heavy atom. The molecule has 9 nitrogen and oxygen atoms in total. The normalized spacial score (nSPS) is 14.7. The summed E-state index contributed by atoms with van der Waals surface area (Å²) in [6.45, 7) is 1.13. The van der Waals surface area contributed by atoms with E-state index >= 15 is 0 Å². The predicted octanol–water partition coefficient (Wildman–Crippen LogP) is 4.22. The van der Waals surface area contributed by atoms with E-state index in [1.54, 1.807) is 79.9 Å². The molecule has 4 rings (SSSR count). The van der Waals surface area contributed by atoms with Gasteiger partial charge in [0.1, 0.15) is 17.2 Å². The minimum absolute atomic E-state index is 0.00292. The summed E-state index contributed by atoms with van der Waals surface area (Å²) in [5, 5.41) is 2.60. The molecule has 1 saturated heterocycles. The monoisotopic (exact) mass is 502 g/mol. The molecule has 1 heterocycles. The molecule has 0 radical (unpaired) electrons. The van der Waals surface area contributed by atoms with E-state index in [2.05, 4.69) is 5.32 Å². The molecule has 37 heavy (non-hydrogen) atoms. The van der Waals surface area contributed by atoms with Gasteiger partial charge in [0, 0.05) is 29.9 Å². The van der Waals surface area contributed by atoms with E-state index in [9.17, 15) is 19.2 Å². The second-order valence-corrected chi connectivity index (χ2v) is 8.47. The molecule has 0 spiro atoms. The number of hydrogen-bond donors (Lipinski definition) is 1. The van der Waals surface area contributed by atoms with E-state index in [0.717, 1.165) is 5.75 Å². The third-order valence-corrected chi connectivity index (χ3v) is 5.82. The molecule has 1 aliphatic rings. The number of carbonyl (C=O) groups is 4. The van der Waals surface area contributed by atoms with Crippen molar-refractivity contribution in [2.24, 2.45) is 5.92 Å². The molecule has 1 atom stereocenters. The number of benzene rings is 3. The fraction of sp³-hybridized carbons (Fsp3) is 0.214. The Hall–Kier alpha value is -4.66. The molecule has 2 amide bonds. The molecule has 0 unspecified atom stereocenters. The number of anilines is 2. The van der Waals surface area contributed by atoms with Crippen molar-refractivity contribution in [2.75, 3.05) is 30.5 Å². The fourth-order valence-electron chi connectivity index (χ4n) is 3.83. The number of rotatable bonds is 9. The molecular formula is C28H26N2O7. The van der Waals surface area contributed by atoms with Gasteiger partial charge >= 0.3 is 5.97 Å². The Morgan fingerprint density at radius 3 is 2.08 bits per heavy atom. The number of ketones is 1. The second kappa shape index (κ2) is 11.4. The van der Waals surface area contributed by atoms with Gasteiger partial charge in [-0.2, -0.15) is 0 Å². The van der Waals surface area contributed by atoms with Crippen LogP contribution in [-0.2, 0) is 19.1 Å². The van der Waals surface area contributed by atoms with Gasteiger partial charge in [0.25, 0.3) is 5.91 Å². The van der Waals surface area contributed by atoms with Gasteiger partial charge in [-0.3, -0.25) is 19.2 Å². The average Bonchev–Trinajstić information content (AvgIpc) is 3.30. The number of methoxy groups -OCH3 is 1. The van der Waals surface area contributed by atoms with Crippen LogP contribution in [0.3, 0.4) is 0 Å². The lowest BCUT2D eigenvalue weighted by atomic mass is 10.1. The van der Waals surface area contributed by atoms with Crippen LogP contribution in [-0.4, -0.2) is 43.8 Å². The summed E-state index contributed by atoms with van der Waals surface area (Å²) in [6, 6.07) is 20.5. The first-order valence-electron chi connectivity index (χ1n) is 11.6. The fourth-order valence-corrected chi connectivity index (χ4v) is 3.83. The third-order valence-electron chi connectivity index (χ3n) is 5.82. The highest BCUT2D eigenvalue weighted by Crippen LogP contribution is 2.29. The molecule has 190 valence electrons. The van der Waals surface area contributed by atoms with Crippen molar-refractivity contribution in [3.05, 3.63) is 78.4 Å². The maximum Gasteiger partial charge on any atom is 0.311 e. The van der Waals surface area contributed by atoms with Crippen molar-refractivity contribution in [1.82, 2.24) is 0 Å². The minimum atomic E-state index is -0.676. The molecule has 1 N–H and O–H groups in total. The predicted molar refractivity (Wildman–Crippen MR) is 136 cm³/mol. The number of hydrogen-bond acceptors (Lipinski definition) is 7. The van der Waals surface area contributed by atoms with Crippen LogP contribution in [0.1, 0.15) is 23.7 Å². The summed E-state index contributed by atoms with van der Waals surface area (Å²) in [4.78, 5) is 50.0. The maximum absolute atomic E-state index is 12.6. The molecule has 3 aromatic carbocycles. The Morgan fingerprint density at radius 1 is 0.892 bits per heavy atom. The largest absolute Gasteiger partial charge is 0.497 e. The zero-order valence-electron chi connectivity index (χ0n) is 20.4. The molecule has 3 aromatic rings. The van der Waals surface area contributed by atoms with Gasteiger partial charge in [-0.15, -0.1) is 0 Å². The van der Waals surface area contributed by atoms with Crippen molar-refractivity contribution in [1.29, 1.82) is 0 Å². The summed E-state index contributed by atoms with van der Waals surface area (Å²) >= 11 is 0. The molecule has 0 aromatic heterocycles. The van der Waals surface area contributed by atoms with Crippen LogP contribution in [0, 0.1) is 5.92 Å². The molecular weight excluding hydrogens is 476 g/mol. The van der Waals surface area contributed by atoms with Crippen LogP contribution < -0.4 is 19.7 Å². The van der Waals surface area contributed by atoms with Crippen LogP contribution >= 0.6 is 0 Å². The van der Waals surface area contributed by atoms with Crippen LogP contribution in [0.4, 0.5) is 11.4 Å². The van der Waals surface area contributed by atoms with Gasteiger partial charge in [0.15, 0.2) is 12.4 Å². The SMILES string of the molecule is COc1ccc(Oc2ccc(N3C[C@H](C(=O)OCC(=O)Nc4ccc(C(C)=O)cc4)CC3=O)cc2)cc1. The van der Waals surface area contributed by atoms with Gasteiger partial charge in [-0.1, -0.05) is 0 Å². The first-order chi connectivity index (χ1) is 17.8. The highest BCUT2D eigenvalue weighted by Gasteiger charge is 2.36. The second-order valence-electron chi connectivity index (χ2n) is 8.47. The van der Waals surface area contributed by atoms with Crippen molar-refractivity contribution in [3.63, 3.8) is 0 Å². The molecule has 0 aliphatic carbocycles. The molecule has 9 heteroatoms. The van der Waals surface area contributed by atoms with E-state index in [0.29, 0.717) is 28.4 Å². The van der Waals surface area contributed by atoms with Crippen LogP contribution in [0.25, 0.3) is 0 Å². The lowest BCUT2D eigenvalue weighted by Crippen LogP contribution is -2.28. The topological polar surface area (TPSA) is 111 Å². The molecule has 1 aliphatic heterocycles. The summed E-state index contributed by atoms with van der Waals surface area (Å²) in [6.07, 6.45) is -0.00292. The van der Waals surface area contributed by atoms with Crippen LogP contribution in [0.2, 0.25) is 0 Å². The average molecular weight is 503 g/mol. The van der Waals surface area contributed by atoms with Gasteiger partial charge in [0.05, 0.1) is 13.0 Å². The van der Waals surface area contributed by atoms with Crippen LogP contribution in [0.5, 0.6) is 17.2 Å². The summed E-state index contributed by atoms with van der Waals surface area (Å²) in [7, 11) is 1.59. The number of amides is 2. The van der Waals surface area contributed by atoms with Gasteiger partial charge in [0.2, 0.25) is 5.91 Å². The zero-order valence-corrected chi connectivity index (χ0v) is 20.4. The standard InChI is InChI=1S/C28H26N2O7/c1-18(31)19-3-5-21(6-4-19)29-26(32)17-36-28(34)20-15-27(33)30(16-20)22-7-9-24(10-8-22)37-25-13-11-23(35-2)12-14-25/h3-14,20H,15-17H2,1-2H3,(H,29,32)/t20-/m1/s1. The summed E-state index contributed by atoms with van der Waals surface area (Å²) in [5.74, 6) is -0.125. The lowest BCUT2D eigenvalue weighted by Gasteiger charge is -2.17. The number of ether oxygens (including phenoxy) is 3. The third kappa shape index (κ3) is 6.52. The maximum atomic E-state index is 12.6. The number of esters is 1. The van der Waals surface area contributed by atoms with Crippen molar-refractivity contribution in [2.45, 2.75) is 13.3 Å². The molecule has 0 saturated carbocycles. The van der Waals surface area contributed by atoms with Crippen LogP contribution in [0.15, 0.2) is 72.8 Å². The molecule has 1 fully saturated rings. The van der Waals surface area contributed by atoms with Crippen molar-refractivity contribution in [3.8, 4) is 17.2 Å². The van der Waals surface area contributed by atoms with E-state index < -0.39 is 24.4 Å². The summed E-state index contributed by atoms with van der Waals surface area (Å²) < 4.78 is 16.1. The Balaban J connectivity index is 1.27. The zero-order chi connectivity index (χ0) is 26.4. The Labute approximate surface area is 213 Å². The smallest absolute Gasteiger partial charge is 0.311 e.